The molecule has 1 N–H and O–H groups in total. The van der Waals surface area contributed by atoms with E-state index in [0.717, 1.165) is 6.92 Å². The summed E-state index contributed by atoms with van der Waals surface area (Å²) in [5, 5.41) is 7.42. The number of hydrogen-bond acceptors (Lipinski definition) is 7. The van der Waals surface area contributed by atoms with Crippen LogP contribution in [-0.4, -0.2) is 41.3 Å². The SMILES string of the molecule is CC(=O)O.CC(=O)OCBr.CC(=O)OCOC(C)=O. The van der Waals surface area contributed by atoms with Gasteiger partial charge in [0.05, 0.1) is 0 Å². The molecular formula is C10H17BrO8. The molecule has 19 heavy (non-hydrogen) atoms. The normalized spacial score (nSPS) is 7.63. The van der Waals surface area contributed by atoms with Gasteiger partial charge in [-0.15, -0.1) is 0 Å². The molecule has 0 aromatic rings. The lowest BCUT2D eigenvalue weighted by Gasteiger charge is -1.99. The summed E-state index contributed by atoms with van der Waals surface area (Å²) >= 11 is 2.91. The molecule has 0 aliphatic rings. The molecule has 0 rings (SSSR count). The summed E-state index contributed by atoms with van der Waals surface area (Å²) in [6.07, 6.45) is 0. The van der Waals surface area contributed by atoms with Gasteiger partial charge in [-0.2, -0.15) is 0 Å². The number of carbonyl (C=O) groups excluding carboxylic acids is 3. The van der Waals surface area contributed by atoms with Crippen molar-refractivity contribution in [2.45, 2.75) is 27.7 Å². The molecule has 0 fully saturated rings. The number of carboxylic acids is 1. The van der Waals surface area contributed by atoms with E-state index in [9.17, 15) is 14.4 Å². The quantitative estimate of drug-likeness (QED) is 0.459. The monoisotopic (exact) mass is 344 g/mol. The van der Waals surface area contributed by atoms with Gasteiger partial charge in [-0.1, -0.05) is 0 Å². The molecule has 9 heteroatoms. The fourth-order valence-electron chi connectivity index (χ4n) is 0.272. The highest BCUT2D eigenvalue weighted by atomic mass is 79.9. The van der Waals surface area contributed by atoms with E-state index in [0.29, 0.717) is 5.52 Å². The maximum atomic E-state index is 10.0. The molecule has 0 saturated heterocycles. The first-order valence-corrected chi connectivity index (χ1v) is 5.91. The predicted octanol–water partition coefficient (Wildman–Crippen LogP) is 1.06. The fourth-order valence-corrected chi connectivity index (χ4v) is 0.595. The van der Waals surface area contributed by atoms with Gasteiger partial charge in [-0.3, -0.25) is 19.2 Å². The van der Waals surface area contributed by atoms with E-state index in [-0.39, 0.29) is 12.8 Å². The molecule has 0 heterocycles. The van der Waals surface area contributed by atoms with E-state index in [1.807, 2.05) is 0 Å². The van der Waals surface area contributed by atoms with E-state index in [2.05, 4.69) is 30.1 Å². The van der Waals surface area contributed by atoms with Gasteiger partial charge in [0.15, 0.2) is 0 Å². The van der Waals surface area contributed by atoms with Crippen LogP contribution in [0.25, 0.3) is 0 Å². The van der Waals surface area contributed by atoms with Crippen LogP contribution in [0.5, 0.6) is 0 Å². The van der Waals surface area contributed by atoms with Gasteiger partial charge in [0.2, 0.25) is 6.79 Å². The summed E-state index contributed by atoms with van der Waals surface area (Å²) in [7, 11) is 0. The number of ether oxygens (including phenoxy) is 3. The number of carboxylic acid groups (broad SMARTS) is 1. The third-order valence-electron chi connectivity index (χ3n) is 0.782. The van der Waals surface area contributed by atoms with Crippen molar-refractivity contribution in [2.75, 3.05) is 12.3 Å². The Morgan fingerprint density at radius 1 is 0.842 bits per heavy atom. The van der Waals surface area contributed by atoms with Gasteiger partial charge in [-0.05, 0) is 15.9 Å². The van der Waals surface area contributed by atoms with E-state index in [1.165, 1.54) is 20.8 Å². The van der Waals surface area contributed by atoms with Gasteiger partial charge >= 0.3 is 17.9 Å². The summed E-state index contributed by atoms with van der Waals surface area (Å²) in [6.45, 7) is 4.64. The molecule has 112 valence electrons. The maximum Gasteiger partial charge on any atom is 0.305 e. The Morgan fingerprint density at radius 3 is 1.21 bits per heavy atom. The van der Waals surface area contributed by atoms with Crippen LogP contribution in [0, 0.1) is 0 Å². The number of alkyl halides is 1. The first-order valence-electron chi connectivity index (χ1n) is 4.79. The average Bonchev–Trinajstić information content (AvgIpc) is 2.15. The first kappa shape index (κ1) is 22.5. The van der Waals surface area contributed by atoms with E-state index < -0.39 is 17.9 Å². The van der Waals surface area contributed by atoms with E-state index in [4.69, 9.17) is 9.90 Å². The van der Waals surface area contributed by atoms with Gasteiger partial charge in [0, 0.05) is 27.7 Å². The van der Waals surface area contributed by atoms with Crippen molar-refractivity contribution >= 4 is 39.8 Å². The maximum absolute atomic E-state index is 10.0. The van der Waals surface area contributed by atoms with Crippen molar-refractivity contribution in [2.24, 2.45) is 0 Å². The molecule has 0 amide bonds. The van der Waals surface area contributed by atoms with Crippen LogP contribution in [0.3, 0.4) is 0 Å². The minimum Gasteiger partial charge on any atom is -0.481 e. The summed E-state index contributed by atoms with van der Waals surface area (Å²) in [5.41, 5.74) is 0.294. The zero-order valence-electron chi connectivity index (χ0n) is 11.1. The van der Waals surface area contributed by atoms with Crippen LogP contribution in [0.15, 0.2) is 0 Å². The van der Waals surface area contributed by atoms with Crippen LogP contribution >= 0.6 is 15.9 Å². The molecule has 0 spiro atoms. The first-order chi connectivity index (χ1) is 8.63. The smallest absolute Gasteiger partial charge is 0.305 e. The molecule has 0 aromatic heterocycles. The summed E-state index contributed by atoms with van der Waals surface area (Å²) in [4.78, 5) is 38.8. The number of aliphatic carboxylic acids is 1. The molecule has 0 unspecified atom stereocenters. The van der Waals surface area contributed by atoms with Crippen LogP contribution in [0.1, 0.15) is 27.7 Å². The predicted molar refractivity (Wildman–Crippen MR) is 67.3 cm³/mol. The van der Waals surface area contributed by atoms with Crippen LogP contribution in [-0.2, 0) is 33.4 Å². The largest absolute Gasteiger partial charge is 0.481 e. The minimum absolute atomic E-state index is 0.258. The Hall–Kier alpha value is -1.64. The lowest BCUT2D eigenvalue weighted by molar-refractivity contribution is -0.164. The number of esters is 3. The Balaban J connectivity index is -0.000000222. The Kier molecular flexibility index (Phi) is 19.4. The second-order valence-corrected chi connectivity index (χ2v) is 3.11. The van der Waals surface area contributed by atoms with Crippen LogP contribution in [0.2, 0.25) is 0 Å². The van der Waals surface area contributed by atoms with Gasteiger partial charge < -0.3 is 19.3 Å². The number of carbonyl (C=O) groups is 4. The second-order valence-electron chi connectivity index (χ2n) is 2.65. The second kappa shape index (κ2) is 16.4. The summed E-state index contributed by atoms with van der Waals surface area (Å²) in [5.74, 6) is -2.01. The third kappa shape index (κ3) is 62.3. The van der Waals surface area contributed by atoms with Gasteiger partial charge in [0.1, 0.15) is 5.52 Å². The van der Waals surface area contributed by atoms with Gasteiger partial charge in [0.25, 0.3) is 5.97 Å². The van der Waals surface area contributed by atoms with Gasteiger partial charge in [-0.25, -0.2) is 0 Å². The highest BCUT2D eigenvalue weighted by Gasteiger charge is 1.93. The van der Waals surface area contributed by atoms with E-state index >= 15 is 0 Å². The lowest BCUT2D eigenvalue weighted by atomic mass is 10.8. The van der Waals surface area contributed by atoms with E-state index in [1.54, 1.807) is 0 Å². The van der Waals surface area contributed by atoms with Crippen molar-refractivity contribution in [3.05, 3.63) is 0 Å². The molecule has 0 aliphatic heterocycles. The third-order valence-corrected chi connectivity index (χ3v) is 1.01. The highest BCUT2D eigenvalue weighted by Crippen LogP contribution is 1.80. The topological polar surface area (TPSA) is 116 Å². The zero-order chi connectivity index (χ0) is 15.8. The van der Waals surface area contributed by atoms with Crippen LogP contribution < -0.4 is 0 Å². The molecule has 0 bridgehead atoms. The lowest BCUT2D eigenvalue weighted by Crippen LogP contribution is -2.07. The van der Waals surface area contributed by atoms with Crippen molar-refractivity contribution in [1.82, 2.24) is 0 Å². The van der Waals surface area contributed by atoms with Crippen LogP contribution in [0.4, 0.5) is 0 Å². The minimum atomic E-state index is -0.833. The number of hydrogen-bond donors (Lipinski definition) is 1. The number of rotatable bonds is 3. The molecule has 0 aromatic carbocycles. The Morgan fingerprint density at radius 2 is 1.11 bits per heavy atom. The summed E-state index contributed by atoms with van der Waals surface area (Å²) in [6, 6.07) is 0. The van der Waals surface area contributed by atoms with Crippen molar-refractivity contribution < 1.29 is 38.5 Å². The molecule has 0 aliphatic carbocycles. The molecule has 0 atom stereocenters. The molecule has 8 nitrogen and oxygen atoms in total. The molecule has 0 saturated carbocycles. The van der Waals surface area contributed by atoms with Crippen molar-refractivity contribution in [3.63, 3.8) is 0 Å². The standard InChI is InChI=1S/C5H8O4.C3H5BrO2.C2H4O2/c1-4(6)8-3-9-5(2)7;1-3(5)6-2-4;1-2(3)4/h3H2,1-2H3;2H2,1H3;1H3,(H,3,4). The number of halogens is 1. The molecular weight excluding hydrogens is 328 g/mol. The Bertz CT molecular complexity index is 271. The average molecular weight is 345 g/mol. The van der Waals surface area contributed by atoms with Crippen molar-refractivity contribution in [3.8, 4) is 0 Å². The Labute approximate surface area is 119 Å². The zero-order valence-corrected chi connectivity index (χ0v) is 12.7. The molecule has 0 radical (unpaired) electrons. The van der Waals surface area contributed by atoms with Crippen molar-refractivity contribution in [1.29, 1.82) is 0 Å². The highest BCUT2D eigenvalue weighted by molar-refractivity contribution is 9.09. The fraction of sp³-hybridized carbons (Fsp3) is 0.600. The summed E-state index contributed by atoms with van der Waals surface area (Å²) < 4.78 is 12.9.